The van der Waals surface area contributed by atoms with Gasteiger partial charge >= 0.3 is 0 Å². The number of anilines is 1. The normalized spacial score (nSPS) is 10.9. The summed E-state index contributed by atoms with van der Waals surface area (Å²) in [5, 5.41) is 3.74. The van der Waals surface area contributed by atoms with Crippen molar-refractivity contribution in [1.29, 1.82) is 0 Å². The number of carbonyl (C=O) groups is 1. The topological polar surface area (TPSA) is 56.1 Å². The fourth-order valence-corrected chi connectivity index (χ4v) is 3.59. The summed E-state index contributed by atoms with van der Waals surface area (Å²) in [6.07, 6.45) is 1.83. The van der Waals surface area contributed by atoms with Crippen LogP contribution in [0.25, 0.3) is 11.3 Å². The van der Waals surface area contributed by atoms with Crippen molar-refractivity contribution in [2.45, 2.75) is 24.9 Å². The van der Waals surface area contributed by atoms with E-state index >= 15 is 0 Å². The number of carbonyl (C=O) groups excluding carboxylic acids is 1. The lowest BCUT2D eigenvalue weighted by atomic mass is 10.0. The van der Waals surface area contributed by atoms with E-state index in [0.717, 1.165) is 27.9 Å². The van der Waals surface area contributed by atoms with Crippen LogP contribution >= 0.6 is 11.8 Å². The van der Waals surface area contributed by atoms with Gasteiger partial charge < -0.3 is 14.6 Å². The Morgan fingerprint density at radius 1 is 1.14 bits per heavy atom. The van der Waals surface area contributed by atoms with Gasteiger partial charge in [0.15, 0.2) is 5.16 Å². The number of hydrogen-bond donors (Lipinski definition) is 1. The zero-order valence-electron chi connectivity index (χ0n) is 16.6. The third-order valence-electron chi connectivity index (χ3n) is 4.52. The molecular weight excluding hydrogens is 370 g/mol. The molecule has 0 spiro atoms. The van der Waals surface area contributed by atoms with Crippen molar-refractivity contribution < 1.29 is 9.53 Å². The number of nitrogens with zero attached hydrogens (tertiary/aromatic N) is 2. The lowest BCUT2D eigenvalue weighted by Crippen LogP contribution is -2.14. The van der Waals surface area contributed by atoms with Crippen molar-refractivity contribution in [3.63, 3.8) is 0 Å². The highest BCUT2D eigenvalue weighted by Crippen LogP contribution is 2.26. The monoisotopic (exact) mass is 395 g/mol. The molecule has 28 heavy (non-hydrogen) atoms. The Morgan fingerprint density at radius 2 is 1.82 bits per heavy atom. The van der Waals surface area contributed by atoms with Crippen molar-refractivity contribution in [1.82, 2.24) is 9.55 Å². The van der Waals surface area contributed by atoms with Crippen LogP contribution in [0.4, 0.5) is 5.69 Å². The van der Waals surface area contributed by atoms with Gasteiger partial charge in [0.05, 0.1) is 24.8 Å². The van der Waals surface area contributed by atoms with Crippen LogP contribution in [-0.2, 0) is 11.8 Å². The SMILES string of the molecule is COc1ccc(-c2cnc(SCC(=O)Nc3ccc(C(C)C)cc3)n2C)cc1. The molecule has 0 saturated heterocycles. The predicted octanol–water partition coefficient (Wildman–Crippen LogP) is 4.95. The van der Waals surface area contributed by atoms with E-state index in [0.29, 0.717) is 11.7 Å². The molecule has 1 N–H and O–H groups in total. The number of benzene rings is 2. The zero-order chi connectivity index (χ0) is 20.1. The highest BCUT2D eigenvalue weighted by Gasteiger charge is 2.12. The quantitative estimate of drug-likeness (QED) is 0.575. The second-order valence-electron chi connectivity index (χ2n) is 6.83. The van der Waals surface area contributed by atoms with Crippen molar-refractivity contribution in [2.24, 2.45) is 7.05 Å². The third kappa shape index (κ3) is 4.75. The highest BCUT2D eigenvalue weighted by molar-refractivity contribution is 7.99. The van der Waals surface area contributed by atoms with Crippen LogP contribution in [0.5, 0.6) is 5.75 Å². The van der Waals surface area contributed by atoms with Gasteiger partial charge in [-0.2, -0.15) is 0 Å². The summed E-state index contributed by atoms with van der Waals surface area (Å²) in [5.41, 5.74) is 4.12. The smallest absolute Gasteiger partial charge is 0.234 e. The number of methoxy groups -OCH3 is 1. The fraction of sp³-hybridized carbons (Fsp3) is 0.273. The van der Waals surface area contributed by atoms with E-state index in [9.17, 15) is 4.79 Å². The molecule has 0 fully saturated rings. The lowest BCUT2D eigenvalue weighted by Gasteiger charge is -2.09. The first-order valence-corrected chi connectivity index (χ1v) is 10.1. The number of hydrogen-bond acceptors (Lipinski definition) is 4. The number of ether oxygens (including phenoxy) is 1. The minimum atomic E-state index is -0.0451. The third-order valence-corrected chi connectivity index (χ3v) is 5.57. The molecule has 0 aliphatic rings. The molecular formula is C22H25N3O2S. The number of rotatable bonds is 7. The standard InChI is InChI=1S/C22H25N3O2S/c1-15(2)16-5-9-18(10-6-16)24-21(26)14-28-22-23-13-20(25(22)3)17-7-11-19(27-4)12-8-17/h5-13,15H,14H2,1-4H3,(H,24,26). The van der Waals surface area contributed by atoms with E-state index in [4.69, 9.17) is 4.74 Å². The van der Waals surface area contributed by atoms with Gasteiger partial charge in [-0.05, 0) is 47.9 Å². The van der Waals surface area contributed by atoms with E-state index < -0.39 is 0 Å². The number of imidazole rings is 1. The molecule has 146 valence electrons. The Kier molecular flexibility index (Phi) is 6.41. The van der Waals surface area contributed by atoms with Gasteiger partial charge in [0.2, 0.25) is 5.91 Å². The Morgan fingerprint density at radius 3 is 2.43 bits per heavy atom. The summed E-state index contributed by atoms with van der Waals surface area (Å²) in [7, 11) is 3.61. The molecule has 0 unspecified atom stereocenters. The summed E-state index contributed by atoms with van der Waals surface area (Å²) in [4.78, 5) is 16.7. The van der Waals surface area contributed by atoms with Crippen LogP contribution in [0.15, 0.2) is 59.9 Å². The fourth-order valence-electron chi connectivity index (χ4n) is 2.84. The molecule has 1 aromatic heterocycles. The molecule has 1 amide bonds. The summed E-state index contributed by atoms with van der Waals surface area (Å²) in [6.45, 7) is 4.30. The van der Waals surface area contributed by atoms with Crippen LogP contribution in [0, 0.1) is 0 Å². The molecule has 0 saturated carbocycles. The Hall–Kier alpha value is -2.73. The van der Waals surface area contributed by atoms with Gasteiger partial charge in [0.1, 0.15) is 5.75 Å². The minimum absolute atomic E-state index is 0.0451. The van der Waals surface area contributed by atoms with Crippen molar-refractivity contribution >= 4 is 23.4 Å². The van der Waals surface area contributed by atoms with Crippen LogP contribution in [0.1, 0.15) is 25.3 Å². The summed E-state index contributed by atoms with van der Waals surface area (Å²) in [5.74, 6) is 1.55. The van der Waals surface area contributed by atoms with Crippen molar-refractivity contribution in [3.05, 3.63) is 60.3 Å². The molecule has 2 aromatic carbocycles. The van der Waals surface area contributed by atoms with E-state index in [1.165, 1.54) is 17.3 Å². The largest absolute Gasteiger partial charge is 0.497 e. The van der Waals surface area contributed by atoms with Crippen LogP contribution < -0.4 is 10.1 Å². The van der Waals surface area contributed by atoms with Gasteiger partial charge in [0, 0.05) is 18.3 Å². The first-order chi connectivity index (χ1) is 13.5. The molecule has 3 rings (SSSR count). The van der Waals surface area contributed by atoms with E-state index in [-0.39, 0.29) is 5.91 Å². The number of amides is 1. The number of aromatic nitrogens is 2. The van der Waals surface area contributed by atoms with Crippen LogP contribution in [0.3, 0.4) is 0 Å². The van der Waals surface area contributed by atoms with Gasteiger partial charge in [-0.25, -0.2) is 4.98 Å². The molecule has 1 heterocycles. The maximum atomic E-state index is 12.3. The highest BCUT2D eigenvalue weighted by atomic mass is 32.2. The van der Waals surface area contributed by atoms with Crippen LogP contribution in [-0.4, -0.2) is 28.3 Å². The molecule has 0 aliphatic carbocycles. The first-order valence-electron chi connectivity index (χ1n) is 9.16. The molecule has 6 heteroatoms. The number of nitrogens with one attached hydrogen (secondary N) is 1. The average molecular weight is 396 g/mol. The van der Waals surface area contributed by atoms with E-state index in [2.05, 4.69) is 24.1 Å². The maximum absolute atomic E-state index is 12.3. The van der Waals surface area contributed by atoms with Crippen molar-refractivity contribution in [2.75, 3.05) is 18.2 Å². The maximum Gasteiger partial charge on any atom is 0.234 e. The summed E-state index contributed by atoms with van der Waals surface area (Å²) >= 11 is 1.42. The average Bonchev–Trinajstić information content (AvgIpc) is 3.07. The molecule has 0 aliphatic heterocycles. The summed E-state index contributed by atoms with van der Waals surface area (Å²) in [6, 6.07) is 15.8. The van der Waals surface area contributed by atoms with Crippen LogP contribution in [0.2, 0.25) is 0 Å². The van der Waals surface area contributed by atoms with Crippen molar-refractivity contribution in [3.8, 4) is 17.0 Å². The molecule has 3 aromatic rings. The molecule has 0 radical (unpaired) electrons. The Balaban J connectivity index is 1.59. The lowest BCUT2D eigenvalue weighted by molar-refractivity contribution is -0.113. The van der Waals surface area contributed by atoms with Gasteiger partial charge in [-0.3, -0.25) is 4.79 Å². The van der Waals surface area contributed by atoms with Gasteiger partial charge in [-0.1, -0.05) is 37.7 Å². The Labute approximate surface area is 170 Å². The predicted molar refractivity (Wildman–Crippen MR) is 115 cm³/mol. The second kappa shape index (κ2) is 8.97. The molecule has 5 nitrogen and oxygen atoms in total. The van der Waals surface area contributed by atoms with Gasteiger partial charge in [0.25, 0.3) is 0 Å². The molecule has 0 atom stereocenters. The van der Waals surface area contributed by atoms with E-state index in [1.54, 1.807) is 7.11 Å². The second-order valence-corrected chi connectivity index (χ2v) is 7.77. The Bertz CT molecular complexity index is 931. The summed E-state index contributed by atoms with van der Waals surface area (Å²) < 4.78 is 7.20. The number of thioether (sulfide) groups is 1. The van der Waals surface area contributed by atoms with Gasteiger partial charge in [-0.15, -0.1) is 0 Å². The van der Waals surface area contributed by atoms with E-state index in [1.807, 2.05) is 66.3 Å². The minimum Gasteiger partial charge on any atom is -0.497 e. The zero-order valence-corrected chi connectivity index (χ0v) is 17.4. The molecule has 0 bridgehead atoms. The first kappa shape index (κ1) is 20.0.